The van der Waals surface area contributed by atoms with Crippen LogP contribution in [0, 0.1) is 6.92 Å². The first-order valence-corrected chi connectivity index (χ1v) is 10.3. The predicted octanol–water partition coefficient (Wildman–Crippen LogP) is 4.56. The first-order valence-electron chi connectivity index (χ1n) is 9.96. The van der Waals surface area contributed by atoms with Crippen LogP contribution in [0.25, 0.3) is 22.0 Å². The molecule has 158 valence electrons. The van der Waals surface area contributed by atoms with Crippen molar-refractivity contribution in [3.63, 3.8) is 0 Å². The molecule has 31 heavy (non-hydrogen) atoms. The Morgan fingerprint density at radius 3 is 2.58 bits per heavy atom. The van der Waals surface area contributed by atoms with E-state index >= 15 is 0 Å². The van der Waals surface area contributed by atoms with Crippen molar-refractivity contribution in [3.8, 4) is 17.0 Å². The van der Waals surface area contributed by atoms with E-state index in [1.807, 2.05) is 18.2 Å². The van der Waals surface area contributed by atoms with Crippen LogP contribution in [-0.2, 0) is 4.74 Å². The largest absolute Gasteiger partial charge is 0.494 e. The number of hydrogen-bond donors (Lipinski definition) is 2. The van der Waals surface area contributed by atoms with Crippen molar-refractivity contribution in [1.82, 2.24) is 10.1 Å². The van der Waals surface area contributed by atoms with Gasteiger partial charge in [0.25, 0.3) is 0 Å². The maximum Gasteiger partial charge on any atom is 0.237 e. The predicted molar refractivity (Wildman–Crippen MR) is 118 cm³/mol. The fraction of sp³-hybridized carbons (Fsp3) is 0.217. The number of ketones is 1. The van der Waals surface area contributed by atoms with Crippen molar-refractivity contribution in [2.75, 3.05) is 31.2 Å². The average Bonchev–Trinajstić information content (AvgIpc) is 3.35. The summed E-state index contributed by atoms with van der Waals surface area (Å²) in [7, 11) is 0. The number of anilines is 1. The molecule has 1 aliphatic heterocycles. The van der Waals surface area contributed by atoms with Gasteiger partial charge in [0.15, 0.2) is 0 Å². The summed E-state index contributed by atoms with van der Waals surface area (Å²) in [6.45, 7) is 4.90. The summed E-state index contributed by atoms with van der Waals surface area (Å²) >= 11 is 6.55. The minimum Gasteiger partial charge on any atom is -0.494 e. The van der Waals surface area contributed by atoms with Gasteiger partial charge in [-0.2, -0.15) is 0 Å². The number of benzene rings is 2. The minimum absolute atomic E-state index is 0.0695. The van der Waals surface area contributed by atoms with Crippen LogP contribution in [0.5, 0.6) is 5.88 Å². The number of H-pyrrole nitrogens is 1. The number of nitrogens with zero attached hydrogens (tertiary/aromatic N) is 2. The van der Waals surface area contributed by atoms with Gasteiger partial charge in [-0.25, -0.2) is 0 Å². The molecule has 0 bridgehead atoms. The van der Waals surface area contributed by atoms with Crippen molar-refractivity contribution in [1.29, 1.82) is 0 Å². The lowest BCUT2D eigenvalue weighted by Gasteiger charge is -2.29. The van der Waals surface area contributed by atoms with Crippen molar-refractivity contribution in [2.24, 2.45) is 0 Å². The van der Waals surface area contributed by atoms with Gasteiger partial charge in [0.05, 0.1) is 35.0 Å². The molecule has 0 aliphatic carbocycles. The Labute approximate surface area is 183 Å². The average molecular weight is 438 g/mol. The highest BCUT2D eigenvalue weighted by Crippen LogP contribution is 2.37. The van der Waals surface area contributed by atoms with E-state index in [4.69, 9.17) is 20.9 Å². The molecular weight excluding hydrogens is 418 g/mol. The molecule has 1 saturated heterocycles. The zero-order chi connectivity index (χ0) is 21.5. The molecule has 1 aliphatic rings. The van der Waals surface area contributed by atoms with Crippen LogP contribution in [0.15, 0.2) is 47.0 Å². The highest BCUT2D eigenvalue weighted by molar-refractivity contribution is 6.34. The Morgan fingerprint density at radius 2 is 1.90 bits per heavy atom. The molecule has 0 atom stereocenters. The Kier molecular flexibility index (Phi) is 4.92. The number of aryl methyl sites for hydroxylation is 1. The van der Waals surface area contributed by atoms with Crippen LogP contribution in [0.4, 0.5) is 5.69 Å². The number of aromatic hydroxyl groups is 1. The molecule has 8 heteroatoms. The van der Waals surface area contributed by atoms with E-state index in [1.165, 1.54) is 0 Å². The number of morpholine rings is 1. The molecule has 0 spiro atoms. The number of hydrogen-bond acceptors (Lipinski definition) is 6. The van der Waals surface area contributed by atoms with Gasteiger partial charge in [-0.1, -0.05) is 28.9 Å². The summed E-state index contributed by atoms with van der Waals surface area (Å²) in [4.78, 5) is 18.0. The molecule has 4 aromatic rings. The number of aromatic nitrogens is 2. The van der Waals surface area contributed by atoms with Gasteiger partial charge in [-0.05, 0) is 36.8 Å². The van der Waals surface area contributed by atoms with E-state index < -0.39 is 5.78 Å². The molecule has 2 N–H and O–H groups in total. The minimum atomic E-state index is -0.444. The first-order chi connectivity index (χ1) is 15.0. The van der Waals surface area contributed by atoms with E-state index in [2.05, 4.69) is 27.2 Å². The van der Waals surface area contributed by atoms with Gasteiger partial charge in [0.2, 0.25) is 17.4 Å². The lowest BCUT2D eigenvalue weighted by Crippen LogP contribution is -2.36. The van der Waals surface area contributed by atoms with E-state index in [0.717, 1.165) is 43.1 Å². The smallest absolute Gasteiger partial charge is 0.237 e. The summed E-state index contributed by atoms with van der Waals surface area (Å²) < 4.78 is 10.5. The lowest BCUT2D eigenvalue weighted by molar-refractivity contribution is 0.0999. The normalized spacial score (nSPS) is 14.3. The monoisotopic (exact) mass is 437 g/mol. The second-order valence-corrected chi connectivity index (χ2v) is 7.94. The fourth-order valence-corrected chi connectivity index (χ4v) is 4.19. The maximum absolute atomic E-state index is 12.9. The van der Waals surface area contributed by atoms with Crippen molar-refractivity contribution in [2.45, 2.75) is 6.92 Å². The highest BCUT2D eigenvalue weighted by atomic mass is 35.5. The SMILES string of the molecule is Cc1cc(C(=O)c2c(O)[nH]c3cc(Cl)c(-c4ccc(N5CCOCC5)cc4)cc23)on1. The van der Waals surface area contributed by atoms with Gasteiger partial charge in [-0.3, -0.25) is 4.79 Å². The summed E-state index contributed by atoms with van der Waals surface area (Å²) in [5.41, 5.74) is 4.10. The van der Waals surface area contributed by atoms with Crippen molar-refractivity contribution >= 4 is 34.0 Å². The molecule has 2 aromatic carbocycles. The third kappa shape index (κ3) is 3.56. The quantitative estimate of drug-likeness (QED) is 0.455. The van der Waals surface area contributed by atoms with Crippen LogP contribution in [0.2, 0.25) is 5.02 Å². The van der Waals surface area contributed by atoms with Crippen LogP contribution in [0.1, 0.15) is 21.8 Å². The molecular formula is C23H20ClN3O4. The van der Waals surface area contributed by atoms with Gasteiger partial charge in [0.1, 0.15) is 0 Å². The molecule has 0 unspecified atom stereocenters. The molecule has 0 radical (unpaired) electrons. The number of fused-ring (bicyclic) bond motifs is 1. The molecule has 3 heterocycles. The highest BCUT2D eigenvalue weighted by Gasteiger charge is 2.24. The van der Waals surface area contributed by atoms with Gasteiger partial charge >= 0.3 is 0 Å². The van der Waals surface area contributed by atoms with Crippen molar-refractivity contribution in [3.05, 3.63) is 64.5 Å². The second-order valence-electron chi connectivity index (χ2n) is 7.53. The number of nitrogens with one attached hydrogen (secondary N) is 1. The summed E-state index contributed by atoms with van der Waals surface area (Å²) in [5, 5.41) is 15.3. The number of aromatic amines is 1. The molecule has 1 fully saturated rings. The number of ether oxygens (including phenoxy) is 1. The molecule has 5 rings (SSSR count). The van der Waals surface area contributed by atoms with Crippen LogP contribution in [-0.4, -0.2) is 47.3 Å². The van der Waals surface area contributed by atoms with Crippen LogP contribution < -0.4 is 4.90 Å². The Morgan fingerprint density at radius 1 is 1.16 bits per heavy atom. The van der Waals surface area contributed by atoms with Crippen LogP contribution in [0.3, 0.4) is 0 Å². The number of carbonyl (C=O) groups is 1. The van der Waals surface area contributed by atoms with E-state index in [9.17, 15) is 9.90 Å². The second kappa shape index (κ2) is 7.76. The van der Waals surface area contributed by atoms with E-state index in [1.54, 1.807) is 19.1 Å². The zero-order valence-electron chi connectivity index (χ0n) is 16.8. The summed E-state index contributed by atoms with van der Waals surface area (Å²) in [5.74, 6) is -0.606. The van der Waals surface area contributed by atoms with Gasteiger partial charge in [-0.15, -0.1) is 0 Å². The maximum atomic E-state index is 12.9. The summed E-state index contributed by atoms with van der Waals surface area (Å²) in [6, 6.07) is 13.2. The van der Waals surface area contributed by atoms with Gasteiger partial charge in [0, 0.05) is 35.8 Å². The standard InChI is InChI=1S/C23H20ClN3O4/c1-13-10-20(31-26-13)22(28)21-17-11-16(18(24)12-19(17)25-23(21)29)14-2-4-15(5-3-14)27-6-8-30-9-7-27/h2-5,10-12,25,29H,6-9H2,1H3. The zero-order valence-corrected chi connectivity index (χ0v) is 17.6. The van der Waals surface area contributed by atoms with Crippen molar-refractivity contribution < 1.29 is 19.2 Å². The number of carbonyl (C=O) groups excluding carboxylic acids is 1. The third-order valence-corrected chi connectivity index (χ3v) is 5.81. The Bertz CT molecular complexity index is 1270. The first kappa shape index (κ1) is 19.7. The Hall–Kier alpha value is -3.29. The molecule has 7 nitrogen and oxygen atoms in total. The number of halogens is 1. The Balaban J connectivity index is 1.55. The lowest BCUT2D eigenvalue weighted by atomic mass is 10.00. The van der Waals surface area contributed by atoms with E-state index in [0.29, 0.717) is 21.6 Å². The van der Waals surface area contributed by atoms with Gasteiger partial charge < -0.3 is 24.3 Å². The van der Waals surface area contributed by atoms with E-state index in [-0.39, 0.29) is 17.2 Å². The topological polar surface area (TPSA) is 91.6 Å². The molecule has 2 aromatic heterocycles. The third-order valence-electron chi connectivity index (χ3n) is 5.50. The molecule has 0 amide bonds. The van der Waals surface area contributed by atoms with Crippen LogP contribution >= 0.6 is 11.6 Å². The summed E-state index contributed by atoms with van der Waals surface area (Å²) in [6.07, 6.45) is 0. The molecule has 0 saturated carbocycles. The fourth-order valence-electron chi connectivity index (χ4n) is 3.92. The number of rotatable bonds is 4.